The van der Waals surface area contributed by atoms with Gasteiger partial charge in [-0.1, -0.05) is 6.92 Å². The molecule has 4 heteroatoms. The van der Waals surface area contributed by atoms with E-state index in [1.165, 1.54) is 7.11 Å². The molecule has 4 nitrogen and oxygen atoms in total. The maximum absolute atomic E-state index is 11.4. The summed E-state index contributed by atoms with van der Waals surface area (Å²) < 4.78 is 9.56. The molecule has 0 aromatic carbocycles. The molecular formula is C10H14O4. The van der Waals surface area contributed by atoms with Gasteiger partial charge >= 0.3 is 11.9 Å². The van der Waals surface area contributed by atoms with Crippen molar-refractivity contribution in [2.75, 3.05) is 7.11 Å². The van der Waals surface area contributed by atoms with Crippen LogP contribution in [0, 0.1) is 11.8 Å². The van der Waals surface area contributed by atoms with Gasteiger partial charge in [-0.15, -0.1) is 0 Å². The Labute approximate surface area is 82.9 Å². The molecule has 0 fully saturated rings. The molecule has 0 bridgehead atoms. The van der Waals surface area contributed by atoms with Crippen molar-refractivity contribution < 1.29 is 19.1 Å². The molecule has 78 valence electrons. The third kappa shape index (κ3) is 1.95. The van der Waals surface area contributed by atoms with E-state index >= 15 is 0 Å². The number of hydrogen-bond acceptors (Lipinski definition) is 4. The lowest BCUT2D eigenvalue weighted by atomic mass is 9.88. The van der Waals surface area contributed by atoms with Gasteiger partial charge in [0.15, 0.2) is 0 Å². The van der Waals surface area contributed by atoms with Gasteiger partial charge in [0.2, 0.25) is 0 Å². The SMILES string of the molecule is CC[C@@H]1C(=O)OC(C)=C[C@@H]1C(=O)OC. The third-order valence-electron chi connectivity index (χ3n) is 2.33. The van der Waals surface area contributed by atoms with Crippen molar-refractivity contribution in [1.82, 2.24) is 0 Å². The first kappa shape index (κ1) is 10.8. The Kier molecular flexibility index (Phi) is 3.28. The number of carbonyl (C=O) groups excluding carboxylic acids is 2. The molecule has 0 aliphatic carbocycles. The molecule has 0 saturated heterocycles. The molecular weight excluding hydrogens is 184 g/mol. The Morgan fingerprint density at radius 2 is 2.29 bits per heavy atom. The fourth-order valence-electron chi connectivity index (χ4n) is 1.57. The Morgan fingerprint density at radius 1 is 1.64 bits per heavy atom. The fraction of sp³-hybridized carbons (Fsp3) is 0.600. The Hall–Kier alpha value is -1.32. The van der Waals surface area contributed by atoms with Crippen LogP contribution in [0.3, 0.4) is 0 Å². The number of hydrogen-bond donors (Lipinski definition) is 0. The molecule has 0 aromatic heterocycles. The highest BCUT2D eigenvalue weighted by molar-refractivity contribution is 5.85. The second kappa shape index (κ2) is 4.26. The van der Waals surface area contributed by atoms with Crippen LogP contribution < -0.4 is 0 Å². The molecule has 1 aliphatic rings. The van der Waals surface area contributed by atoms with E-state index in [2.05, 4.69) is 4.74 Å². The highest BCUT2D eigenvalue weighted by Gasteiger charge is 2.36. The molecule has 0 N–H and O–H groups in total. The Bertz CT molecular complexity index is 280. The highest BCUT2D eigenvalue weighted by atomic mass is 16.5. The van der Waals surface area contributed by atoms with Gasteiger partial charge in [-0.2, -0.15) is 0 Å². The largest absolute Gasteiger partial charge is 0.469 e. The zero-order chi connectivity index (χ0) is 10.7. The molecule has 0 aromatic rings. The maximum atomic E-state index is 11.4. The molecule has 1 aliphatic heterocycles. The van der Waals surface area contributed by atoms with Gasteiger partial charge in [0.05, 0.1) is 18.9 Å². The third-order valence-corrected chi connectivity index (χ3v) is 2.33. The molecule has 0 saturated carbocycles. The molecule has 0 amide bonds. The number of rotatable bonds is 2. The van der Waals surface area contributed by atoms with Crippen LogP contribution in [0.2, 0.25) is 0 Å². The van der Waals surface area contributed by atoms with Crippen LogP contribution in [-0.2, 0) is 19.1 Å². The highest BCUT2D eigenvalue weighted by Crippen LogP contribution is 2.27. The first-order chi connectivity index (χ1) is 6.60. The maximum Gasteiger partial charge on any atom is 0.315 e. The first-order valence-corrected chi connectivity index (χ1v) is 4.58. The van der Waals surface area contributed by atoms with Crippen LogP contribution in [0.1, 0.15) is 20.3 Å². The van der Waals surface area contributed by atoms with Crippen molar-refractivity contribution in [3.05, 3.63) is 11.8 Å². The summed E-state index contributed by atoms with van der Waals surface area (Å²) in [5.74, 6) is -1.16. The number of ether oxygens (including phenoxy) is 2. The van der Waals surface area contributed by atoms with Crippen LogP contribution in [0.4, 0.5) is 0 Å². The quantitative estimate of drug-likeness (QED) is 0.627. The summed E-state index contributed by atoms with van der Waals surface area (Å²) in [4.78, 5) is 22.7. The van der Waals surface area contributed by atoms with Gasteiger partial charge in [0, 0.05) is 0 Å². The summed E-state index contributed by atoms with van der Waals surface area (Å²) in [6.45, 7) is 3.50. The minimum absolute atomic E-state index is 0.345. The summed E-state index contributed by atoms with van der Waals surface area (Å²) in [6.07, 6.45) is 2.21. The summed E-state index contributed by atoms with van der Waals surface area (Å²) in [5, 5.41) is 0. The van der Waals surface area contributed by atoms with E-state index in [1.807, 2.05) is 6.92 Å². The predicted molar refractivity (Wildman–Crippen MR) is 49.1 cm³/mol. The molecule has 2 atom stereocenters. The van der Waals surface area contributed by atoms with Crippen LogP contribution in [0.25, 0.3) is 0 Å². The van der Waals surface area contributed by atoms with Crippen LogP contribution in [0.15, 0.2) is 11.8 Å². The fourth-order valence-corrected chi connectivity index (χ4v) is 1.57. The van der Waals surface area contributed by atoms with Crippen molar-refractivity contribution in [2.24, 2.45) is 11.8 Å². The van der Waals surface area contributed by atoms with Crippen molar-refractivity contribution in [2.45, 2.75) is 20.3 Å². The van der Waals surface area contributed by atoms with Crippen molar-refractivity contribution in [1.29, 1.82) is 0 Å². The molecule has 1 rings (SSSR count). The Balaban J connectivity index is 2.93. The van der Waals surface area contributed by atoms with E-state index < -0.39 is 11.8 Å². The topological polar surface area (TPSA) is 52.6 Å². The molecule has 0 spiro atoms. The lowest BCUT2D eigenvalue weighted by Gasteiger charge is -2.24. The van der Waals surface area contributed by atoms with Crippen LogP contribution in [-0.4, -0.2) is 19.0 Å². The lowest BCUT2D eigenvalue weighted by molar-refractivity contribution is -0.157. The minimum atomic E-state index is -0.494. The summed E-state index contributed by atoms with van der Waals surface area (Å²) >= 11 is 0. The second-order valence-electron chi connectivity index (χ2n) is 3.26. The lowest BCUT2D eigenvalue weighted by Crippen LogP contribution is -2.33. The average Bonchev–Trinajstić information content (AvgIpc) is 2.15. The summed E-state index contributed by atoms with van der Waals surface area (Å²) in [6, 6.07) is 0. The van der Waals surface area contributed by atoms with Crippen molar-refractivity contribution in [3.8, 4) is 0 Å². The van der Waals surface area contributed by atoms with Crippen molar-refractivity contribution >= 4 is 11.9 Å². The normalized spacial score (nSPS) is 26.5. The smallest absolute Gasteiger partial charge is 0.315 e. The van der Waals surface area contributed by atoms with Gasteiger partial charge in [0.1, 0.15) is 5.76 Å². The molecule has 0 unspecified atom stereocenters. The van der Waals surface area contributed by atoms with E-state index in [-0.39, 0.29) is 11.9 Å². The van der Waals surface area contributed by atoms with Gasteiger partial charge in [-0.25, -0.2) is 0 Å². The number of carbonyl (C=O) groups is 2. The van der Waals surface area contributed by atoms with Crippen LogP contribution >= 0.6 is 0 Å². The predicted octanol–water partition coefficient (Wildman–Crippen LogP) is 1.26. The minimum Gasteiger partial charge on any atom is -0.469 e. The van der Waals surface area contributed by atoms with E-state index in [0.29, 0.717) is 12.2 Å². The first-order valence-electron chi connectivity index (χ1n) is 4.58. The van der Waals surface area contributed by atoms with Gasteiger partial charge in [-0.3, -0.25) is 9.59 Å². The molecule has 1 heterocycles. The van der Waals surface area contributed by atoms with Gasteiger partial charge < -0.3 is 9.47 Å². The number of esters is 2. The van der Waals surface area contributed by atoms with E-state index in [9.17, 15) is 9.59 Å². The summed E-state index contributed by atoms with van der Waals surface area (Å²) in [5.41, 5.74) is 0. The van der Waals surface area contributed by atoms with E-state index in [1.54, 1.807) is 13.0 Å². The average molecular weight is 198 g/mol. The number of methoxy groups -OCH3 is 1. The number of cyclic esters (lactones) is 1. The molecule has 0 radical (unpaired) electrons. The zero-order valence-corrected chi connectivity index (χ0v) is 8.57. The summed E-state index contributed by atoms with van der Waals surface area (Å²) in [7, 11) is 1.32. The van der Waals surface area contributed by atoms with Gasteiger partial charge in [-0.05, 0) is 19.4 Å². The second-order valence-corrected chi connectivity index (χ2v) is 3.26. The zero-order valence-electron chi connectivity index (χ0n) is 8.57. The Morgan fingerprint density at radius 3 is 2.79 bits per heavy atom. The van der Waals surface area contributed by atoms with Crippen LogP contribution in [0.5, 0.6) is 0 Å². The molecule has 14 heavy (non-hydrogen) atoms. The standard InChI is InChI=1S/C10H14O4/c1-4-7-8(9(11)13-3)5-6(2)14-10(7)12/h5,7-8H,4H2,1-3H3/t7-,8-/m0/s1. The number of allylic oxidation sites excluding steroid dienone is 1. The van der Waals surface area contributed by atoms with E-state index in [4.69, 9.17) is 4.74 Å². The van der Waals surface area contributed by atoms with Gasteiger partial charge in [0.25, 0.3) is 0 Å². The monoisotopic (exact) mass is 198 g/mol. The van der Waals surface area contributed by atoms with E-state index in [0.717, 1.165) is 0 Å². The van der Waals surface area contributed by atoms with Crippen molar-refractivity contribution in [3.63, 3.8) is 0 Å².